The first kappa shape index (κ1) is 18.8. The summed E-state index contributed by atoms with van der Waals surface area (Å²) in [7, 11) is 0. The number of carbonyl (C=O) groups is 3. The Morgan fingerprint density at radius 3 is 2.56 bits per heavy atom. The molecule has 0 saturated heterocycles. The van der Waals surface area contributed by atoms with E-state index in [0.29, 0.717) is 4.88 Å². The summed E-state index contributed by atoms with van der Waals surface area (Å²) in [5, 5.41) is 1.75. The van der Waals surface area contributed by atoms with Crippen LogP contribution in [0.25, 0.3) is 6.08 Å². The summed E-state index contributed by atoms with van der Waals surface area (Å²) in [5.41, 5.74) is 5.26. The number of benzene rings is 1. The molecule has 2 N–H and O–H groups in total. The predicted octanol–water partition coefficient (Wildman–Crippen LogP) is 2.49. The van der Waals surface area contributed by atoms with Crippen molar-refractivity contribution in [2.75, 3.05) is 12.9 Å². The lowest BCUT2D eigenvalue weighted by Gasteiger charge is -2.06. The van der Waals surface area contributed by atoms with E-state index in [1.165, 1.54) is 17.4 Å². The highest BCUT2D eigenvalue weighted by molar-refractivity contribution is 7.98. The lowest BCUT2D eigenvalue weighted by Crippen LogP contribution is -2.43. The van der Waals surface area contributed by atoms with Crippen molar-refractivity contribution in [2.24, 2.45) is 0 Å². The Morgan fingerprint density at radius 2 is 1.92 bits per heavy atom. The minimum atomic E-state index is -0.645. The third-order valence-electron chi connectivity index (χ3n) is 2.93. The zero-order chi connectivity index (χ0) is 18.1. The third kappa shape index (κ3) is 6.44. The smallest absolute Gasteiger partial charge is 0.331 e. The second-order valence-corrected chi connectivity index (χ2v) is 6.52. The van der Waals surface area contributed by atoms with E-state index in [1.807, 2.05) is 30.5 Å². The number of esters is 1. The lowest BCUT2D eigenvalue weighted by atomic mass is 10.2. The van der Waals surface area contributed by atoms with Crippen LogP contribution < -0.4 is 10.9 Å². The minimum absolute atomic E-state index is 0.428. The first-order chi connectivity index (χ1) is 12.1. The average Bonchev–Trinajstić information content (AvgIpc) is 3.18. The van der Waals surface area contributed by atoms with Gasteiger partial charge in [-0.25, -0.2) is 4.79 Å². The van der Waals surface area contributed by atoms with Gasteiger partial charge in [0.15, 0.2) is 6.61 Å². The Bertz CT molecular complexity index is 755. The molecule has 0 spiro atoms. The standard InChI is InChI=1S/C17H16N2O4S2/c1-24-13-7-4-12(5-8-13)6-9-16(21)23-11-15(20)18-19-17(22)14-3-2-10-25-14/h2-10H,11H2,1H3,(H,18,20)(H,19,22). The fourth-order valence-electron chi connectivity index (χ4n) is 1.70. The summed E-state index contributed by atoms with van der Waals surface area (Å²) in [6.07, 6.45) is 4.82. The highest BCUT2D eigenvalue weighted by Crippen LogP contribution is 2.15. The number of hydrogen-bond donors (Lipinski definition) is 2. The van der Waals surface area contributed by atoms with E-state index >= 15 is 0 Å². The Balaban J connectivity index is 1.70. The van der Waals surface area contributed by atoms with E-state index in [2.05, 4.69) is 10.9 Å². The first-order valence-electron chi connectivity index (χ1n) is 7.20. The van der Waals surface area contributed by atoms with Crippen molar-refractivity contribution < 1.29 is 19.1 Å². The van der Waals surface area contributed by atoms with Gasteiger partial charge in [0.2, 0.25) is 0 Å². The summed E-state index contributed by atoms with van der Waals surface area (Å²) >= 11 is 2.88. The maximum atomic E-state index is 11.6. The van der Waals surface area contributed by atoms with Crippen molar-refractivity contribution >= 4 is 47.0 Å². The van der Waals surface area contributed by atoms with Gasteiger partial charge in [-0.15, -0.1) is 23.1 Å². The van der Waals surface area contributed by atoms with Gasteiger partial charge in [0, 0.05) is 11.0 Å². The molecule has 2 rings (SSSR count). The molecule has 0 aliphatic rings. The van der Waals surface area contributed by atoms with Crippen LogP contribution in [0.2, 0.25) is 0 Å². The molecule has 1 aromatic carbocycles. The van der Waals surface area contributed by atoms with Gasteiger partial charge < -0.3 is 4.74 Å². The van der Waals surface area contributed by atoms with E-state index in [1.54, 1.807) is 35.4 Å². The normalized spacial score (nSPS) is 10.4. The van der Waals surface area contributed by atoms with Crippen molar-refractivity contribution in [3.8, 4) is 0 Å². The molecule has 6 nitrogen and oxygen atoms in total. The summed E-state index contributed by atoms with van der Waals surface area (Å²) in [4.78, 5) is 36.3. The van der Waals surface area contributed by atoms with Crippen molar-refractivity contribution in [2.45, 2.75) is 4.90 Å². The molecule has 0 radical (unpaired) electrons. The quantitative estimate of drug-likeness (QED) is 0.350. The number of hydrazine groups is 1. The number of ether oxygens (including phenoxy) is 1. The number of amides is 2. The molecule has 0 atom stereocenters. The van der Waals surface area contributed by atoms with Gasteiger partial charge in [0.25, 0.3) is 11.8 Å². The molecule has 0 fully saturated rings. The third-order valence-corrected chi connectivity index (χ3v) is 4.55. The summed E-state index contributed by atoms with van der Waals surface area (Å²) in [5.74, 6) is -1.70. The van der Waals surface area contributed by atoms with Crippen LogP contribution in [0.15, 0.2) is 52.7 Å². The van der Waals surface area contributed by atoms with Crippen LogP contribution in [0.3, 0.4) is 0 Å². The largest absolute Gasteiger partial charge is 0.452 e. The highest BCUT2D eigenvalue weighted by Gasteiger charge is 2.09. The summed E-state index contributed by atoms with van der Waals surface area (Å²) in [6.45, 7) is -0.487. The number of nitrogens with one attached hydrogen (secondary N) is 2. The zero-order valence-electron chi connectivity index (χ0n) is 13.4. The number of hydrogen-bond acceptors (Lipinski definition) is 6. The molecule has 8 heteroatoms. The molecule has 1 heterocycles. The van der Waals surface area contributed by atoms with Crippen molar-refractivity contribution in [3.05, 3.63) is 58.3 Å². The van der Waals surface area contributed by atoms with Gasteiger partial charge in [0.1, 0.15) is 0 Å². The van der Waals surface area contributed by atoms with Crippen LogP contribution in [0.4, 0.5) is 0 Å². The first-order valence-corrected chi connectivity index (χ1v) is 9.30. The van der Waals surface area contributed by atoms with Crippen LogP contribution in [-0.4, -0.2) is 30.6 Å². The number of carbonyl (C=O) groups excluding carboxylic acids is 3. The highest BCUT2D eigenvalue weighted by atomic mass is 32.2. The lowest BCUT2D eigenvalue weighted by molar-refractivity contribution is -0.144. The molecule has 0 aliphatic heterocycles. The Morgan fingerprint density at radius 1 is 1.16 bits per heavy atom. The minimum Gasteiger partial charge on any atom is -0.452 e. The zero-order valence-corrected chi connectivity index (χ0v) is 15.0. The molecule has 0 bridgehead atoms. The topological polar surface area (TPSA) is 84.5 Å². The van der Waals surface area contributed by atoms with Crippen LogP contribution in [0.1, 0.15) is 15.2 Å². The molecule has 25 heavy (non-hydrogen) atoms. The van der Waals surface area contributed by atoms with Gasteiger partial charge >= 0.3 is 5.97 Å². The van der Waals surface area contributed by atoms with E-state index in [0.717, 1.165) is 10.5 Å². The summed E-state index contributed by atoms with van der Waals surface area (Å²) in [6, 6.07) is 11.0. The SMILES string of the molecule is CSc1ccc(C=CC(=O)OCC(=O)NNC(=O)c2cccs2)cc1. The Kier molecular flexibility index (Phi) is 7.24. The fraction of sp³-hybridized carbons (Fsp3) is 0.118. The molecule has 0 aliphatic carbocycles. The van der Waals surface area contributed by atoms with Crippen LogP contribution in [-0.2, 0) is 14.3 Å². The van der Waals surface area contributed by atoms with Crippen molar-refractivity contribution in [3.63, 3.8) is 0 Å². The molecule has 1 aromatic heterocycles. The number of rotatable bonds is 6. The fourth-order valence-corrected chi connectivity index (χ4v) is 2.72. The Labute approximate surface area is 153 Å². The molecular weight excluding hydrogens is 360 g/mol. The van der Waals surface area contributed by atoms with E-state index in [4.69, 9.17) is 4.74 Å². The average molecular weight is 376 g/mol. The second-order valence-electron chi connectivity index (χ2n) is 4.69. The summed E-state index contributed by atoms with van der Waals surface area (Å²) < 4.78 is 4.80. The predicted molar refractivity (Wildman–Crippen MR) is 98.1 cm³/mol. The molecule has 2 aromatic rings. The van der Waals surface area contributed by atoms with Gasteiger partial charge in [-0.05, 0) is 41.5 Å². The van der Waals surface area contributed by atoms with Gasteiger partial charge in [0.05, 0.1) is 4.88 Å². The Hall–Kier alpha value is -2.58. The molecule has 130 valence electrons. The van der Waals surface area contributed by atoms with Crippen molar-refractivity contribution in [1.82, 2.24) is 10.9 Å². The van der Waals surface area contributed by atoms with E-state index in [9.17, 15) is 14.4 Å². The number of thiophene rings is 1. The van der Waals surface area contributed by atoms with Gasteiger partial charge in [-0.2, -0.15) is 0 Å². The van der Waals surface area contributed by atoms with Crippen LogP contribution in [0, 0.1) is 0 Å². The van der Waals surface area contributed by atoms with Gasteiger partial charge in [-0.1, -0.05) is 18.2 Å². The van der Waals surface area contributed by atoms with Gasteiger partial charge in [-0.3, -0.25) is 20.4 Å². The van der Waals surface area contributed by atoms with Crippen molar-refractivity contribution in [1.29, 1.82) is 0 Å². The monoisotopic (exact) mass is 376 g/mol. The van der Waals surface area contributed by atoms with E-state index in [-0.39, 0.29) is 0 Å². The maximum Gasteiger partial charge on any atom is 0.331 e. The van der Waals surface area contributed by atoms with Crippen LogP contribution in [0.5, 0.6) is 0 Å². The van der Waals surface area contributed by atoms with Crippen LogP contribution >= 0.6 is 23.1 Å². The number of thioether (sulfide) groups is 1. The molecular formula is C17H16N2O4S2. The molecule has 2 amide bonds. The van der Waals surface area contributed by atoms with E-state index < -0.39 is 24.4 Å². The maximum absolute atomic E-state index is 11.6. The molecule has 0 unspecified atom stereocenters. The second kappa shape index (κ2) is 9.65. The molecule has 0 saturated carbocycles.